The van der Waals surface area contributed by atoms with Crippen LogP contribution < -0.4 is 4.90 Å². The highest BCUT2D eigenvalue weighted by molar-refractivity contribution is 6.30. The second-order valence-electron chi connectivity index (χ2n) is 8.68. The molecule has 1 aliphatic rings. The Morgan fingerprint density at radius 1 is 1.00 bits per heavy atom. The number of halogens is 1. The molecule has 2 heterocycles. The van der Waals surface area contributed by atoms with E-state index in [4.69, 9.17) is 11.6 Å². The Hall–Kier alpha value is -2.79. The number of rotatable bonds is 3. The maximum absolute atomic E-state index is 13.0. The van der Waals surface area contributed by atoms with Crippen LogP contribution in [-0.4, -0.2) is 46.5 Å². The van der Waals surface area contributed by atoms with Crippen molar-refractivity contribution in [3.63, 3.8) is 0 Å². The van der Waals surface area contributed by atoms with Gasteiger partial charge in [0, 0.05) is 54.8 Å². The van der Waals surface area contributed by atoms with Crippen molar-refractivity contribution in [2.45, 2.75) is 26.2 Å². The maximum Gasteiger partial charge on any atom is 0.253 e. The van der Waals surface area contributed by atoms with Crippen LogP contribution >= 0.6 is 11.6 Å². The monoisotopic (exact) mass is 422 g/mol. The normalized spacial score (nSPS) is 14.8. The summed E-state index contributed by atoms with van der Waals surface area (Å²) in [4.78, 5) is 21.6. The Labute approximate surface area is 182 Å². The van der Waals surface area contributed by atoms with Crippen molar-refractivity contribution in [3.05, 3.63) is 77.1 Å². The van der Waals surface area contributed by atoms with Crippen molar-refractivity contribution in [1.29, 1.82) is 0 Å². The largest absolute Gasteiger partial charge is 0.338 e. The summed E-state index contributed by atoms with van der Waals surface area (Å²) in [5, 5.41) is 0.694. The quantitative estimate of drug-likeness (QED) is 0.609. The predicted molar refractivity (Wildman–Crippen MR) is 122 cm³/mol. The Bertz CT molecular complexity index is 1030. The summed E-state index contributed by atoms with van der Waals surface area (Å²) < 4.78 is 2.04. The molecule has 156 valence electrons. The van der Waals surface area contributed by atoms with E-state index in [0.717, 1.165) is 30.3 Å². The molecule has 0 bridgehead atoms. The van der Waals surface area contributed by atoms with Crippen LogP contribution in [0.4, 0.5) is 5.95 Å². The van der Waals surface area contributed by atoms with Gasteiger partial charge in [-0.25, -0.2) is 4.98 Å². The highest BCUT2D eigenvalue weighted by Gasteiger charge is 2.25. The van der Waals surface area contributed by atoms with Crippen LogP contribution in [0.2, 0.25) is 5.02 Å². The lowest BCUT2D eigenvalue weighted by Crippen LogP contribution is -2.49. The summed E-state index contributed by atoms with van der Waals surface area (Å²) in [7, 11) is 0. The third-order valence-electron chi connectivity index (χ3n) is 5.56. The molecule has 0 N–H and O–H groups in total. The minimum Gasteiger partial charge on any atom is -0.338 e. The predicted octanol–water partition coefficient (Wildman–Crippen LogP) is 4.79. The molecular weight excluding hydrogens is 396 g/mol. The molecule has 0 atom stereocenters. The summed E-state index contributed by atoms with van der Waals surface area (Å²) in [6.07, 6.45) is 3.74. The topological polar surface area (TPSA) is 41.4 Å². The number of aromatic nitrogens is 2. The van der Waals surface area contributed by atoms with Gasteiger partial charge in [0.1, 0.15) is 0 Å². The minimum absolute atomic E-state index is 0.0814. The number of anilines is 1. The smallest absolute Gasteiger partial charge is 0.253 e. The molecule has 1 fully saturated rings. The summed E-state index contributed by atoms with van der Waals surface area (Å²) in [6.45, 7) is 9.35. The minimum atomic E-state index is 0.0814. The summed E-state index contributed by atoms with van der Waals surface area (Å²) in [5.41, 5.74) is 3.04. The summed E-state index contributed by atoms with van der Waals surface area (Å²) in [6, 6.07) is 15.7. The zero-order valence-electron chi connectivity index (χ0n) is 17.7. The number of benzene rings is 2. The first-order chi connectivity index (χ1) is 14.3. The SMILES string of the molecule is CC(C)(C)c1ccc(C(=O)N2CCN(c3nccn3-c3cccc(Cl)c3)CC2)cc1. The Kier molecular flexibility index (Phi) is 5.56. The molecule has 6 heteroatoms. The second kappa shape index (κ2) is 8.15. The molecular formula is C24H27ClN4O. The van der Waals surface area contributed by atoms with Crippen molar-refractivity contribution in [2.75, 3.05) is 31.1 Å². The van der Waals surface area contributed by atoms with Gasteiger partial charge in [0.05, 0.1) is 0 Å². The lowest BCUT2D eigenvalue weighted by atomic mass is 9.86. The Morgan fingerprint density at radius 3 is 2.33 bits per heavy atom. The van der Waals surface area contributed by atoms with Gasteiger partial charge in [-0.3, -0.25) is 9.36 Å². The van der Waals surface area contributed by atoms with Crippen LogP contribution in [-0.2, 0) is 5.41 Å². The number of carbonyl (C=O) groups is 1. The number of nitrogens with zero attached hydrogens (tertiary/aromatic N) is 4. The van der Waals surface area contributed by atoms with Gasteiger partial charge >= 0.3 is 0 Å². The standard InChI is InChI=1S/C24H27ClN4O/c1-24(2,3)19-9-7-18(8-10-19)22(30)27-13-15-28(16-14-27)23-26-11-12-29(23)21-6-4-5-20(25)17-21/h4-12,17H,13-16H2,1-3H3. The number of hydrogen-bond donors (Lipinski definition) is 0. The number of piperazine rings is 1. The number of imidazole rings is 1. The van der Waals surface area contributed by atoms with E-state index in [1.807, 2.05) is 52.1 Å². The van der Waals surface area contributed by atoms with E-state index in [2.05, 4.69) is 42.8 Å². The molecule has 0 aliphatic carbocycles. The van der Waals surface area contributed by atoms with Gasteiger partial charge in [0.25, 0.3) is 5.91 Å². The van der Waals surface area contributed by atoms with Gasteiger partial charge in [0.2, 0.25) is 5.95 Å². The van der Waals surface area contributed by atoms with Crippen LogP contribution in [0.25, 0.3) is 5.69 Å². The Balaban J connectivity index is 1.44. The van der Waals surface area contributed by atoms with E-state index in [-0.39, 0.29) is 11.3 Å². The summed E-state index contributed by atoms with van der Waals surface area (Å²) in [5.74, 6) is 0.965. The summed E-state index contributed by atoms with van der Waals surface area (Å²) >= 11 is 6.16. The fourth-order valence-corrected chi connectivity index (χ4v) is 3.95. The van der Waals surface area contributed by atoms with E-state index < -0.39 is 0 Å². The molecule has 0 spiro atoms. The number of carbonyl (C=O) groups excluding carboxylic acids is 1. The molecule has 3 aromatic rings. The van der Waals surface area contributed by atoms with Crippen LogP contribution in [0.1, 0.15) is 36.7 Å². The highest BCUT2D eigenvalue weighted by atomic mass is 35.5. The first-order valence-electron chi connectivity index (χ1n) is 10.3. The average molecular weight is 423 g/mol. The maximum atomic E-state index is 13.0. The molecule has 2 aromatic carbocycles. The lowest BCUT2D eigenvalue weighted by molar-refractivity contribution is 0.0746. The van der Waals surface area contributed by atoms with Crippen LogP contribution in [0.5, 0.6) is 0 Å². The second-order valence-corrected chi connectivity index (χ2v) is 9.12. The number of amides is 1. The van der Waals surface area contributed by atoms with E-state index in [1.54, 1.807) is 6.20 Å². The van der Waals surface area contributed by atoms with Crippen molar-refractivity contribution in [3.8, 4) is 5.69 Å². The van der Waals surface area contributed by atoms with Gasteiger partial charge < -0.3 is 9.80 Å². The molecule has 1 aromatic heterocycles. The number of hydrogen-bond acceptors (Lipinski definition) is 3. The molecule has 5 nitrogen and oxygen atoms in total. The first-order valence-corrected chi connectivity index (χ1v) is 10.6. The van der Waals surface area contributed by atoms with Crippen molar-refractivity contribution in [2.24, 2.45) is 0 Å². The van der Waals surface area contributed by atoms with E-state index in [1.165, 1.54) is 5.56 Å². The molecule has 30 heavy (non-hydrogen) atoms. The van der Waals surface area contributed by atoms with Gasteiger partial charge in [-0.15, -0.1) is 0 Å². The van der Waals surface area contributed by atoms with Gasteiger partial charge in [0.15, 0.2) is 0 Å². The fraction of sp³-hybridized carbons (Fsp3) is 0.333. The highest BCUT2D eigenvalue weighted by Crippen LogP contribution is 2.24. The lowest BCUT2D eigenvalue weighted by Gasteiger charge is -2.35. The van der Waals surface area contributed by atoms with Crippen LogP contribution in [0, 0.1) is 0 Å². The fourth-order valence-electron chi connectivity index (χ4n) is 3.76. The van der Waals surface area contributed by atoms with Gasteiger partial charge in [-0.2, -0.15) is 0 Å². The molecule has 0 unspecified atom stereocenters. The van der Waals surface area contributed by atoms with E-state index in [0.29, 0.717) is 18.1 Å². The first kappa shape index (κ1) is 20.5. The molecule has 1 amide bonds. The molecule has 4 rings (SSSR count). The molecule has 0 radical (unpaired) electrons. The van der Waals surface area contributed by atoms with Gasteiger partial charge in [-0.1, -0.05) is 50.6 Å². The van der Waals surface area contributed by atoms with Gasteiger partial charge in [-0.05, 0) is 41.3 Å². The average Bonchev–Trinajstić information content (AvgIpc) is 3.23. The van der Waals surface area contributed by atoms with Crippen molar-refractivity contribution >= 4 is 23.5 Å². The third kappa shape index (κ3) is 4.21. The van der Waals surface area contributed by atoms with E-state index in [9.17, 15) is 4.79 Å². The van der Waals surface area contributed by atoms with Crippen molar-refractivity contribution in [1.82, 2.24) is 14.5 Å². The molecule has 0 saturated carbocycles. The molecule has 1 aliphatic heterocycles. The zero-order valence-corrected chi connectivity index (χ0v) is 18.4. The zero-order chi connectivity index (χ0) is 21.3. The Morgan fingerprint density at radius 2 is 1.70 bits per heavy atom. The van der Waals surface area contributed by atoms with Crippen molar-refractivity contribution < 1.29 is 4.79 Å². The van der Waals surface area contributed by atoms with E-state index >= 15 is 0 Å². The van der Waals surface area contributed by atoms with Crippen LogP contribution in [0.15, 0.2) is 60.9 Å². The van der Waals surface area contributed by atoms with Crippen LogP contribution in [0.3, 0.4) is 0 Å². The molecule has 1 saturated heterocycles. The third-order valence-corrected chi connectivity index (χ3v) is 5.79.